The maximum Gasteiger partial charge on any atom is 0.229 e. The zero-order valence-electron chi connectivity index (χ0n) is 19.4. The first-order valence-electron chi connectivity index (χ1n) is 11.1. The second kappa shape index (κ2) is 6.94. The Balaban J connectivity index is 1.68. The van der Waals surface area contributed by atoms with Crippen LogP contribution >= 0.6 is 0 Å². The Morgan fingerprint density at radius 1 is 0.903 bits per heavy atom. The third kappa shape index (κ3) is 3.82. The van der Waals surface area contributed by atoms with Gasteiger partial charge in [0.05, 0.1) is 12.5 Å². The fraction of sp³-hybridized carbons (Fsp3) is 0.739. The van der Waals surface area contributed by atoms with Crippen molar-refractivity contribution < 1.29 is 16.8 Å². The van der Waals surface area contributed by atoms with Crippen LogP contribution in [0.25, 0.3) is 0 Å². The van der Waals surface area contributed by atoms with E-state index in [4.69, 9.17) is 0 Å². The summed E-state index contributed by atoms with van der Waals surface area (Å²) in [5.41, 5.74) is 3.27. The van der Waals surface area contributed by atoms with Crippen LogP contribution in [-0.4, -0.2) is 35.4 Å². The van der Waals surface area contributed by atoms with Gasteiger partial charge < -0.3 is 0 Å². The number of hydrogen-bond acceptors (Lipinski definition) is 4. The summed E-state index contributed by atoms with van der Waals surface area (Å²) in [7, 11) is -6.56. The van der Waals surface area contributed by atoms with Crippen LogP contribution in [0.3, 0.4) is 0 Å². The Labute approximate surface area is 187 Å². The molecular formula is C23H36N2O4S2. The van der Waals surface area contributed by atoms with E-state index in [-0.39, 0.29) is 22.3 Å². The molecule has 1 aromatic rings. The molecule has 5 atom stereocenters. The molecule has 8 heteroatoms. The SMILES string of the molecule is CC1(C)C(NS(C)(=O)=O)CCC2(C)C1CC[C@@]1(C)c3ccc(NS(C)(=O)=O)cc3CC21. The largest absolute Gasteiger partial charge is 0.284 e. The molecule has 0 heterocycles. The smallest absolute Gasteiger partial charge is 0.229 e. The molecule has 174 valence electrons. The number of anilines is 1. The Morgan fingerprint density at radius 2 is 1.58 bits per heavy atom. The molecule has 6 nitrogen and oxygen atoms in total. The highest BCUT2D eigenvalue weighted by molar-refractivity contribution is 7.92. The highest BCUT2D eigenvalue weighted by Crippen LogP contribution is 2.67. The molecule has 0 spiro atoms. The van der Waals surface area contributed by atoms with Crippen molar-refractivity contribution >= 4 is 25.7 Å². The lowest BCUT2D eigenvalue weighted by Gasteiger charge is -2.63. The Hall–Kier alpha value is -1.12. The van der Waals surface area contributed by atoms with Crippen molar-refractivity contribution in [3.8, 4) is 0 Å². The summed E-state index contributed by atoms with van der Waals surface area (Å²) in [6.45, 7) is 9.26. The van der Waals surface area contributed by atoms with Gasteiger partial charge in [-0.25, -0.2) is 21.6 Å². The average molecular weight is 469 g/mol. The van der Waals surface area contributed by atoms with Crippen LogP contribution in [0.5, 0.6) is 0 Å². The monoisotopic (exact) mass is 468 g/mol. The van der Waals surface area contributed by atoms with E-state index in [9.17, 15) is 16.8 Å². The lowest BCUT2D eigenvalue weighted by atomic mass is 9.43. The minimum absolute atomic E-state index is 0.0423. The van der Waals surface area contributed by atoms with Crippen molar-refractivity contribution in [2.75, 3.05) is 17.2 Å². The van der Waals surface area contributed by atoms with E-state index < -0.39 is 20.0 Å². The lowest BCUT2D eigenvalue weighted by molar-refractivity contribution is -0.109. The zero-order chi connectivity index (χ0) is 23.0. The van der Waals surface area contributed by atoms with Gasteiger partial charge in [0.2, 0.25) is 20.0 Å². The number of sulfonamides is 2. The van der Waals surface area contributed by atoms with Crippen LogP contribution in [0.2, 0.25) is 0 Å². The van der Waals surface area contributed by atoms with Crippen molar-refractivity contribution in [1.29, 1.82) is 0 Å². The topological polar surface area (TPSA) is 92.3 Å². The maximum atomic E-state index is 12.0. The molecule has 4 unspecified atom stereocenters. The van der Waals surface area contributed by atoms with E-state index >= 15 is 0 Å². The summed E-state index contributed by atoms with van der Waals surface area (Å²) in [4.78, 5) is 0. The van der Waals surface area contributed by atoms with Gasteiger partial charge in [0.15, 0.2) is 0 Å². The van der Waals surface area contributed by atoms with Gasteiger partial charge in [-0.05, 0) is 83.4 Å². The number of rotatable bonds is 4. The molecule has 31 heavy (non-hydrogen) atoms. The minimum atomic E-state index is -3.31. The molecule has 3 aliphatic carbocycles. The molecule has 0 aromatic heterocycles. The van der Waals surface area contributed by atoms with Crippen LogP contribution in [0, 0.1) is 22.7 Å². The van der Waals surface area contributed by atoms with Gasteiger partial charge in [-0.3, -0.25) is 4.72 Å². The molecule has 2 saturated carbocycles. The minimum Gasteiger partial charge on any atom is -0.284 e. The second-order valence-corrected chi connectivity index (χ2v) is 14.8. The predicted octanol–water partition coefficient (Wildman–Crippen LogP) is 3.64. The van der Waals surface area contributed by atoms with Gasteiger partial charge in [-0.2, -0.15) is 0 Å². The van der Waals surface area contributed by atoms with Gasteiger partial charge in [-0.15, -0.1) is 0 Å². The van der Waals surface area contributed by atoms with Gasteiger partial charge in [0.1, 0.15) is 0 Å². The summed E-state index contributed by atoms with van der Waals surface area (Å²) in [6.07, 6.45) is 7.36. The molecule has 0 amide bonds. The van der Waals surface area contributed by atoms with Crippen molar-refractivity contribution in [3.05, 3.63) is 29.3 Å². The lowest BCUT2D eigenvalue weighted by Crippen LogP contribution is -2.61. The number of nitrogens with one attached hydrogen (secondary N) is 2. The van der Waals surface area contributed by atoms with Crippen molar-refractivity contribution in [2.24, 2.45) is 22.7 Å². The van der Waals surface area contributed by atoms with E-state index in [1.165, 1.54) is 23.6 Å². The Morgan fingerprint density at radius 3 is 2.19 bits per heavy atom. The highest BCUT2D eigenvalue weighted by atomic mass is 32.2. The standard InChI is InChI=1S/C23H36N2O4S2/c1-21(2)18-9-11-22(3)17-8-7-16(24-30(5,26)27)13-15(17)14-19(22)23(18,4)12-10-20(21)25-31(6,28)29/h7-8,13,18-20,24-25H,9-12,14H2,1-6H3/t18?,19?,20?,22-,23?/m0/s1. The molecule has 2 N–H and O–H groups in total. The zero-order valence-corrected chi connectivity index (χ0v) is 21.1. The fourth-order valence-corrected chi connectivity index (χ4v) is 9.12. The molecule has 0 aliphatic heterocycles. The number of benzene rings is 1. The molecule has 0 saturated heterocycles. The number of hydrogen-bond donors (Lipinski definition) is 2. The number of fused-ring (bicyclic) bond motifs is 5. The first kappa shape index (κ1) is 23.1. The van der Waals surface area contributed by atoms with E-state index in [2.05, 4.69) is 43.2 Å². The molecule has 0 bridgehead atoms. The molecular weight excluding hydrogens is 432 g/mol. The molecule has 4 rings (SSSR count). The summed E-state index contributed by atoms with van der Waals surface area (Å²) < 4.78 is 52.9. The molecule has 0 radical (unpaired) electrons. The van der Waals surface area contributed by atoms with E-state index in [1.54, 1.807) is 0 Å². The molecule has 2 fully saturated rings. The van der Waals surface area contributed by atoms with E-state index in [0.29, 0.717) is 17.5 Å². The summed E-state index contributed by atoms with van der Waals surface area (Å²) in [5.74, 6) is 0.884. The quantitative estimate of drug-likeness (QED) is 0.706. The fourth-order valence-electron chi connectivity index (χ4n) is 7.63. The van der Waals surface area contributed by atoms with Crippen LogP contribution in [0.4, 0.5) is 5.69 Å². The third-order valence-corrected chi connectivity index (χ3v) is 10.2. The van der Waals surface area contributed by atoms with Gasteiger partial charge in [-0.1, -0.05) is 33.8 Å². The summed E-state index contributed by atoms with van der Waals surface area (Å²) >= 11 is 0. The van der Waals surface area contributed by atoms with Crippen LogP contribution in [0.1, 0.15) is 64.5 Å². The van der Waals surface area contributed by atoms with Crippen LogP contribution in [-0.2, 0) is 31.9 Å². The van der Waals surface area contributed by atoms with Gasteiger partial charge in [0.25, 0.3) is 0 Å². The summed E-state index contributed by atoms with van der Waals surface area (Å²) in [6, 6.07) is 5.98. The van der Waals surface area contributed by atoms with E-state index in [0.717, 1.165) is 32.1 Å². The Bertz CT molecular complexity index is 1110. The van der Waals surface area contributed by atoms with Gasteiger partial charge >= 0.3 is 0 Å². The van der Waals surface area contributed by atoms with E-state index in [1.807, 2.05) is 12.1 Å². The predicted molar refractivity (Wildman–Crippen MR) is 125 cm³/mol. The first-order valence-corrected chi connectivity index (χ1v) is 14.9. The highest BCUT2D eigenvalue weighted by Gasteiger charge is 2.62. The van der Waals surface area contributed by atoms with Crippen molar-refractivity contribution in [3.63, 3.8) is 0 Å². The maximum absolute atomic E-state index is 12.0. The van der Waals surface area contributed by atoms with Crippen LogP contribution in [0.15, 0.2) is 18.2 Å². The third-order valence-electron chi connectivity index (χ3n) is 8.89. The Kier molecular flexibility index (Phi) is 5.16. The molecule has 1 aromatic carbocycles. The van der Waals surface area contributed by atoms with Crippen LogP contribution < -0.4 is 9.44 Å². The molecule has 3 aliphatic rings. The first-order chi connectivity index (χ1) is 14.1. The van der Waals surface area contributed by atoms with Gasteiger partial charge in [0, 0.05) is 11.7 Å². The average Bonchev–Trinajstić information content (AvgIpc) is 2.89. The normalized spacial score (nSPS) is 36.9. The van der Waals surface area contributed by atoms with Crippen molar-refractivity contribution in [2.45, 2.75) is 71.3 Å². The van der Waals surface area contributed by atoms with Crippen molar-refractivity contribution in [1.82, 2.24) is 4.72 Å². The summed E-state index contributed by atoms with van der Waals surface area (Å²) in [5, 5.41) is 0. The second-order valence-electron chi connectivity index (χ2n) is 11.3.